The molecule has 6 nitrogen and oxygen atoms in total. The van der Waals surface area contributed by atoms with Gasteiger partial charge in [-0.25, -0.2) is 0 Å². The lowest BCUT2D eigenvalue weighted by Gasteiger charge is -2.12. The molecule has 0 aliphatic rings. The van der Waals surface area contributed by atoms with Gasteiger partial charge in [0.1, 0.15) is 0 Å². The van der Waals surface area contributed by atoms with E-state index in [-0.39, 0.29) is 29.8 Å². The van der Waals surface area contributed by atoms with Gasteiger partial charge in [0, 0.05) is 30.3 Å². The number of carbonyl (C=O) groups is 1. The van der Waals surface area contributed by atoms with Crippen molar-refractivity contribution in [2.75, 3.05) is 6.61 Å². The van der Waals surface area contributed by atoms with Crippen molar-refractivity contribution in [3.05, 3.63) is 39.4 Å². The molecule has 0 heterocycles. The second kappa shape index (κ2) is 6.11. The summed E-state index contributed by atoms with van der Waals surface area (Å²) in [4.78, 5) is 22.0. The number of nitrogens with zero attached hydrogens (tertiary/aromatic N) is 1. The molecule has 0 aromatic heterocycles. The summed E-state index contributed by atoms with van der Waals surface area (Å²) in [5.74, 6) is -0.372. The normalized spacial score (nSPS) is 11.9. The number of hydrogen-bond acceptors (Lipinski definition) is 4. The van der Waals surface area contributed by atoms with Gasteiger partial charge in [0.25, 0.3) is 11.6 Å². The van der Waals surface area contributed by atoms with Gasteiger partial charge >= 0.3 is 0 Å². The number of nitro groups is 1. The van der Waals surface area contributed by atoms with Crippen molar-refractivity contribution < 1.29 is 14.8 Å². The first-order valence-electron chi connectivity index (χ1n) is 5.62. The van der Waals surface area contributed by atoms with Crippen LogP contribution in [0.1, 0.15) is 29.3 Å². The monoisotopic (exact) mass is 252 g/mol. The van der Waals surface area contributed by atoms with Crippen LogP contribution in [0.4, 0.5) is 5.69 Å². The summed E-state index contributed by atoms with van der Waals surface area (Å²) in [6.07, 6.45) is 0.444. The van der Waals surface area contributed by atoms with Gasteiger partial charge in [0.2, 0.25) is 0 Å². The topological polar surface area (TPSA) is 92.5 Å². The fourth-order valence-corrected chi connectivity index (χ4v) is 1.57. The molecule has 1 rings (SSSR count). The Bertz CT molecular complexity index is 459. The first-order valence-corrected chi connectivity index (χ1v) is 5.62. The predicted molar refractivity (Wildman–Crippen MR) is 66.5 cm³/mol. The molecule has 0 aliphatic heterocycles. The van der Waals surface area contributed by atoms with E-state index in [0.29, 0.717) is 12.0 Å². The molecule has 1 atom stereocenters. The molecule has 0 spiro atoms. The highest BCUT2D eigenvalue weighted by molar-refractivity contribution is 5.95. The third-order valence-corrected chi connectivity index (χ3v) is 2.47. The highest BCUT2D eigenvalue weighted by Crippen LogP contribution is 2.16. The summed E-state index contributed by atoms with van der Waals surface area (Å²) >= 11 is 0. The maximum Gasteiger partial charge on any atom is 0.270 e. The van der Waals surface area contributed by atoms with Crippen LogP contribution in [0, 0.1) is 17.0 Å². The summed E-state index contributed by atoms with van der Waals surface area (Å²) in [6, 6.07) is 4.07. The summed E-state index contributed by atoms with van der Waals surface area (Å²) in [5.41, 5.74) is 0.811. The molecule has 0 bridgehead atoms. The molecule has 0 fully saturated rings. The van der Waals surface area contributed by atoms with Gasteiger partial charge in [0.15, 0.2) is 0 Å². The molecule has 0 aliphatic carbocycles. The minimum Gasteiger partial charge on any atom is -0.396 e. The van der Waals surface area contributed by atoms with E-state index >= 15 is 0 Å². The lowest BCUT2D eigenvalue weighted by molar-refractivity contribution is -0.384. The zero-order valence-electron chi connectivity index (χ0n) is 10.3. The predicted octanol–water partition coefficient (Wildman–Crippen LogP) is 1.40. The Morgan fingerprint density at radius 3 is 2.72 bits per heavy atom. The minimum atomic E-state index is -0.527. The largest absolute Gasteiger partial charge is 0.396 e. The number of non-ortho nitro benzene ring substituents is 1. The number of benzene rings is 1. The molecule has 0 radical (unpaired) electrons. The second-order valence-corrected chi connectivity index (χ2v) is 4.20. The fraction of sp³-hybridized carbons (Fsp3) is 0.417. The zero-order valence-corrected chi connectivity index (χ0v) is 10.3. The molecule has 0 saturated heterocycles. The van der Waals surface area contributed by atoms with Crippen LogP contribution in [0.3, 0.4) is 0 Å². The molecule has 98 valence electrons. The minimum absolute atomic E-state index is 0.0184. The van der Waals surface area contributed by atoms with Crippen LogP contribution in [-0.4, -0.2) is 28.6 Å². The zero-order chi connectivity index (χ0) is 13.7. The Morgan fingerprint density at radius 1 is 1.50 bits per heavy atom. The Labute approximate surface area is 105 Å². The summed E-state index contributed by atoms with van der Waals surface area (Å²) in [6.45, 7) is 3.44. The molecule has 1 amide bonds. The number of rotatable bonds is 5. The summed E-state index contributed by atoms with van der Waals surface area (Å²) in [7, 11) is 0. The number of aryl methyl sites for hydroxylation is 1. The molecular formula is C12H16N2O4. The molecule has 2 N–H and O–H groups in total. The quantitative estimate of drug-likeness (QED) is 0.612. The van der Waals surface area contributed by atoms with Gasteiger partial charge in [0.05, 0.1) is 4.92 Å². The van der Waals surface area contributed by atoms with Crippen LogP contribution in [0.15, 0.2) is 18.2 Å². The number of aliphatic hydroxyl groups excluding tert-OH is 1. The van der Waals surface area contributed by atoms with E-state index < -0.39 is 4.92 Å². The molecule has 1 aromatic carbocycles. The smallest absolute Gasteiger partial charge is 0.270 e. The van der Waals surface area contributed by atoms with Crippen LogP contribution >= 0.6 is 0 Å². The number of amides is 1. The third-order valence-electron chi connectivity index (χ3n) is 2.47. The van der Waals surface area contributed by atoms with Gasteiger partial charge < -0.3 is 10.4 Å². The van der Waals surface area contributed by atoms with Crippen molar-refractivity contribution in [2.45, 2.75) is 26.3 Å². The van der Waals surface area contributed by atoms with Crippen molar-refractivity contribution in [1.82, 2.24) is 5.32 Å². The highest BCUT2D eigenvalue weighted by atomic mass is 16.6. The van der Waals surface area contributed by atoms with Crippen LogP contribution in [-0.2, 0) is 0 Å². The van der Waals surface area contributed by atoms with Crippen molar-refractivity contribution in [2.24, 2.45) is 0 Å². The highest BCUT2D eigenvalue weighted by Gasteiger charge is 2.14. The average molecular weight is 252 g/mol. The molecule has 1 aromatic rings. The van der Waals surface area contributed by atoms with Crippen molar-refractivity contribution in [1.29, 1.82) is 0 Å². The van der Waals surface area contributed by atoms with E-state index in [4.69, 9.17) is 5.11 Å². The summed E-state index contributed by atoms with van der Waals surface area (Å²) < 4.78 is 0. The van der Waals surface area contributed by atoms with E-state index in [1.54, 1.807) is 19.9 Å². The van der Waals surface area contributed by atoms with E-state index in [0.717, 1.165) is 0 Å². The molecule has 0 unspecified atom stereocenters. The third kappa shape index (κ3) is 3.81. The number of nitrogens with one attached hydrogen (secondary N) is 1. The molecule has 6 heteroatoms. The van der Waals surface area contributed by atoms with E-state index in [1.807, 2.05) is 0 Å². The Kier molecular flexibility index (Phi) is 4.79. The van der Waals surface area contributed by atoms with Crippen LogP contribution < -0.4 is 5.32 Å². The first-order chi connectivity index (χ1) is 8.43. The standard InChI is InChI=1S/C12H16N2O4/c1-8-5-10(7-11(6-8)14(17)18)12(16)13-9(2)3-4-15/h5-7,9,15H,3-4H2,1-2H3,(H,13,16)/t9-/m1/s1. The number of nitro benzene ring substituents is 1. The maximum absolute atomic E-state index is 11.8. The van der Waals surface area contributed by atoms with Crippen molar-refractivity contribution in [3.8, 4) is 0 Å². The van der Waals surface area contributed by atoms with Gasteiger partial charge in [-0.1, -0.05) is 0 Å². The molecular weight excluding hydrogens is 236 g/mol. The number of carbonyl (C=O) groups excluding carboxylic acids is 1. The summed E-state index contributed by atoms with van der Waals surface area (Å²) in [5, 5.41) is 22.1. The fourth-order valence-electron chi connectivity index (χ4n) is 1.57. The molecule has 18 heavy (non-hydrogen) atoms. The number of aliphatic hydroxyl groups is 1. The van der Waals surface area contributed by atoms with Gasteiger partial charge in [-0.05, 0) is 31.9 Å². The Morgan fingerprint density at radius 2 is 2.17 bits per heavy atom. The van der Waals surface area contributed by atoms with Gasteiger partial charge in [-0.2, -0.15) is 0 Å². The van der Waals surface area contributed by atoms with Crippen LogP contribution in [0.2, 0.25) is 0 Å². The average Bonchev–Trinajstić information content (AvgIpc) is 2.28. The lowest BCUT2D eigenvalue weighted by Crippen LogP contribution is -2.33. The number of hydrogen-bond donors (Lipinski definition) is 2. The molecule has 0 saturated carbocycles. The van der Waals surface area contributed by atoms with Crippen LogP contribution in [0.25, 0.3) is 0 Å². The van der Waals surface area contributed by atoms with Crippen LogP contribution in [0.5, 0.6) is 0 Å². The van der Waals surface area contributed by atoms with E-state index in [9.17, 15) is 14.9 Å². The van der Waals surface area contributed by atoms with Crippen molar-refractivity contribution >= 4 is 11.6 Å². The first kappa shape index (κ1) is 14.1. The van der Waals surface area contributed by atoms with Gasteiger partial charge in [-0.15, -0.1) is 0 Å². The SMILES string of the molecule is Cc1cc(C(=O)N[C@H](C)CCO)cc([N+](=O)[O-])c1. The maximum atomic E-state index is 11.8. The van der Waals surface area contributed by atoms with Gasteiger partial charge in [-0.3, -0.25) is 14.9 Å². The lowest BCUT2D eigenvalue weighted by atomic mass is 10.1. The second-order valence-electron chi connectivity index (χ2n) is 4.20. The Balaban J connectivity index is 2.88. The Hall–Kier alpha value is -1.95. The van der Waals surface area contributed by atoms with Crippen molar-refractivity contribution in [3.63, 3.8) is 0 Å². The van der Waals surface area contributed by atoms with E-state index in [2.05, 4.69) is 5.32 Å². The van der Waals surface area contributed by atoms with E-state index in [1.165, 1.54) is 12.1 Å².